The monoisotopic (exact) mass is 296 g/mol. The standard InChI is InChI=1S/C23H20/c1-15-8-12-21(17(3)16(15)2)19-11-13-23-20(14-19)10-9-18-6-4-5-7-22(18)23/h4-14H,1-3H3. The summed E-state index contributed by atoms with van der Waals surface area (Å²) in [5, 5.41) is 5.26. The molecule has 0 atom stereocenters. The quantitative estimate of drug-likeness (QED) is 0.348. The number of fused-ring (bicyclic) bond motifs is 3. The Balaban J connectivity index is 1.97. The molecular formula is C23H20. The summed E-state index contributed by atoms with van der Waals surface area (Å²) in [5.41, 5.74) is 6.76. The lowest BCUT2D eigenvalue weighted by Crippen LogP contribution is -1.91. The number of benzene rings is 4. The summed E-state index contributed by atoms with van der Waals surface area (Å²) in [7, 11) is 0. The Morgan fingerprint density at radius 2 is 1.30 bits per heavy atom. The van der Waals surface area contributed by atoms with Crippen LogP contribution < -0.4 is 0 Å². The first-order chi connectivity index (χ1) is 11.1. The normalized spacial score (nSPS) is 11.3. The smallest absolute Gasteiger partial charge is 0.0105 e. The average molecular weight is 296 g/mol. The highest BCUT2D eigenvalue weighted by Gasteiger charge is 2.08. The largest absolute Gasteiger partial charge is 0.0616 e. The second-order valence-electron chi connectivity index (χ2n) is 6.40. The molecule has 0 saturated heterocycles. The van der Waals surface area contributed by atoms with Crippen LogP contribution in [0, 0.1) is 20.8 Å². The zero-order valence-corrected chi connectivity index (χ0v) is 13.9. The molecule has 0 aliphatic rings. The third kappa shape index (κ3) is 2.22. The fourth-order valence-corrected chi connectivity index (χ4v) is 3.45. The van der Waals surface area contributed by atoms with Crippen LogP contribution in [0.25, 0.3) is 32.7 Å². The molecule has 0 aromatic heterocycles. The molecule has 0 saturated carbocycles. The molecule has 23 heavy (non-hydrogen) atoms. The molecule has 0 aliphatic carbocycles. The topological polar surface area (TPSA) is 0 Å². The number of hydrogen-bond acceptors (Lipinski definition) is 0. The van der Waals surface area contributed by atoms with Crippen molar-refractivity contribution in [3.8, 4) is 11.1 Å². The van der Waals surface area contributed by atoms with E-state index in [1.54, 1.807) is 0 Å². The Bertz CT molecular complexity index is 1040. The van der Waals surface area contributed by atoms with E-state index in [2.05, 4.69) is 87.5 Å². The van der Waals surface area contributed by atoms with E-state index in [0.717, 1.165) is 0 Å². The SMILES string of the molecule is Cc1ccc(-c2ccc3c(ccc4ccccc43)c2)c(C)c1C. The molecule has 0 aliphatic heterocycles. The van der Waals surface area contributed by atoms with Crippen molar-refractivity contribution in [1.29, 1.82) is 0 Å². The molecular weight excluding hydrogens is 276 g/mol. The lowest BCUT2D eigenvalue weighted by atomic mass is 9.92. The van der Waals surface area contributed by atoms with E-state index in [1.807, 2.05) is 0 Å². The molecule has 4 aromatic carbocycles. The average Bonchev–Trinajstić information content (AvgIpc) is 2.59. The highest BCUT2D eigenvalue weighted by atomic mass is 14.1. The molecule has 0 bridgehead atoms. The molecule has 0 spiro atoms. The highest BCUT2D eigenvalue weighted by Crippen LogP contribution is 2.32. The van der Waals surface area contributed by atoms with Crippen LogP contribution in [0.15, 0.2) is 66.7 Å². The molecule has 0 radical (unpaired) electrons. The first-order valence-electron chi connectivity index (χ1n) is 8.14. The highest BCUT2D eigenvalue weighted by molar-refractivity contribution is 6.08. The summed E-state index contributed by atoms with van der Waals surface area (Å²) in [4.78, 5) is 0. The van der Waals surface area contributed by atoms with Crippen LogP contribution in [0.3, 0.4) is 0 Å². The minimum atomic E-state index is 1.30. The van der Waals surface area contributed by atoms with Gasteiger partial charge < -0.3 is 0 Å². The van der Waals surface area contributed by atoms with Gasteiger partial charge in [-0.1, -0.05) is 60.7 Å². The molecule has 0 unspecified atom stereocenters. The summed E-state index contributed by atoms with van der Waals surface area (Å²) in [6, 6.07) is 24.4. The van der Waals surface area contributed by atoms with Crippen molar-refractivity contribution in [3.05, 3.63) is 83.4 Å². The van der Waals surface area contributed by atoms with Crippen molar-refractivity contribution in [3.63, 3.8) is 0 Å². The second kappa shape index (κ2) is 5.24. The van der Waals surface area contributed by atoms with Crippen LogP contribution in [0.5, 0.6) is 0 Å². The molecule has 4 aromatic rings. The molecule has 112 valence electrons. The Kier molecular flexibility index (Phi) is 3.20. The van der Waals surface area contributed by atoms with Gasteiger partial charge in [-0.15, -0.1) is 0 Å². The van der Waals surface area contributed by atoms with E-state index in [1.165, 1.54) is 49.4 Å². The maximum absolute atomic E-state index is 2.32. The van der Waals surface area contributed by atoms with Gasteiger partial charge >= 0.3 is 0 Å². The Morgan fingerprint density at radius 3 is 2.17 bits per heavy atom. The fraction of sp³-hybridized carbons (Fsp3) is 0.130. The summed E-state index contributed by atoms with van der Waals surface area (Å²) in [6.07, 6.45) is 0. The van der Waals surface area contributed by atoms with Crippen LogP contribution in [0.2, 0.25) is 0 Å². The second-order valence-corrected chi connectivity index (χ2v) is 6.40. The van der Waals surface area contributed by atoms with Gasteiger partial charge in [-0.2, -0.15) is 0 Å². The molecule has 0 fully saturated rings. The van der Waals surface area contributed by atoms with Gasteiger partial charge in [0.15, 0.2) is 0 Å². The Labute approximate surface area is 137 Å². The van der Waals surface area contributed by atoms with E-state index >= 15 is 0 Å². The van der Waals surface area contributed by atoms with Gasteiger partial charge in [-0.25, -0.2) is 0 Å². The van der Waals surface area contributed by atoms with E-state index in [0.29, 0.717) is 0 Å². The molecule has 0 N–H and O–H groups in total. The van der Waals surface area contributed by atoms with Gasteiger partial charge in [0.05, 0.1) is 0 Å². The lowest BCUT2D eigenvalue weighted by Gasteiger charge is -2.13. The predicted octanol–water partition coefficient (Wildman–Crippen LogP) is 6.59. The maximum atomic E-state index is 2.32. The van der Waals surface area contributed by atoms with Crippen molar-refractivity contribution in [1.82, 2.24) is 0 Å². The Morgan fingerprint density at radius 1 is 0.565 bits per heavy atom. The maximum Gasteiger partial charge on any atom is -0.0105 e. The van der Waals surface area contributed by atoms with Crippen molar-refractivity contribution in [2.24, 2.45) is 0 Å². The summed E-state index contributed by atoms with van der Waals surface area (Å²) in [6.45, 7) is 6.61. The summed E-state index contributed by atoms with van der Waals surface area (Å²) < 4.78 is 0. The summed E-state index contributed by atoms with van der Waals surface area (Å²) >= 11 is 0. The van der Waals surface area contributed by atoms with Crippen LogP contribution in [0.4, 0.5) is 0 Å². The van der Waals surface area contributed by atoms with Crippen molar-refractivity contribution in [2.75, 3.05) is 0 Å². The number of rotatable bonds is 1. The van der Waals surface area contributed by atoms with Gasteiger partial charge in [-0.3, -0.25) is 0 Å². The summed E-state index contributed by atoms with van der Waals surface area (Å²) in [5.74, 6) is 0. The van der Waals surface area contributed by atoms with Gasteiger partial charge in [0.2, 0.25) is 0 Å². The number of hydrogen-bond donors (Lipinski definition) is 0. The van der Waals surface area contributed by atoms with Gasteiger partial charge in [0.25, 0.3) is 0 Å². The van der Waals surface area contributed by atoms with E-state index in [9.17, 15) is 0 Å². The first-order valence-corrected chi connectivity index (χ1v) is 8.14. The van der Waals surface area contributed by atoms with E-state index < -0.39 is 0 Å². The first kappa shape index (κ1) is 14.0. The molecule has 0 heterocycles. The van der Waals surface area contributed by atoms with Crippen LogP contribution in [0.1, 0.15) is 16.7 Å². The van der Waals surface area contributed by atoms with Gasteiger partial charge in [0.1, 0.15) is 0 Å². The Hall–Kier alpha value is -2.60. The minimum absolute atomic E-state index is 1.30. The third-order valence-corrected chi connectivity index (χ3v) is 5.11. The third-order valence-electron chi connectivity index (χ3n) is 5.11. The minimum Gasteiger partial charge on any atom is -0.0616 e. The predicted molar refractivity (Wildman–Crippen MR) is 101 cm³/mol. The van der Waals surface area contributed by atoms with Crippen molar-refractivity contribution >= 4 is 21.5 Å². The van der Waals surface area contributed by atoms with Crippen molar-refractivity contribution in [2.45, 2.75) is 20.8 Å². The van der Waals surface area contributed by atoms with Crippen LogP contribution in [-0.2, 0) is 0 Å². The van der Waals surface area contributed by atoms with Crippen LogP contribution in [-0.4, -0.2) is 0 Å². The zero-order chi connectivity index (χ0) is 16.0. The van der Waals surface area contributed by atoms with Crippen molar-refractivity contribution < 1.29 is 0 Å². The van der Waals surface area contributed by atoms with Crippen LogP contribution >= 0.6 is 0 Å². The number of aryl methyl sites for hydroxylation is 1. The molecule has 0 nitrogen and oxygen atoms in total. The molecule has 4 rings (SSSR count). The van der Waals surface area contributed by atoms with Gasteiger partial charge in [-0.05, 0) is 76.2 Å². The van der Waals surface area contributed by atoms with E-state index in [4.69, 9.17) is 0 Å². The zero-order valence-electron chi connectivity index (χ0n) is 13.9. The van der Waals surface area contributed by atoms with Gasteiger partial charge in [0, 0.05) is 0 Å². The molecule has 0 amide bonds. The van der Waals surface area contributed by atoms with E-state index in [-0.39, 0.29) is 0 Å². The fourth-order valence-electron chi connectivity index (χ4n) is 3.45. The lowest BCUT2D eigenvalue weighted by molar-refractivity contribution is 1.27. The molecule has 0 heteroatoms.